The van der Waals surface area contributed by atoms with Gasteiger partial charge in [0.1, 0.15) is 5.82 Å². The van der Waals surface area contributed by atoms with E-state index < -0.39 is 0 Å². The van der Waals surface area contributed by atoms with E-state index in [0.717, 1.165) is 82.8 Å². The molecule has 1 fully saturated rings. The van der Waals surface area contributed by atoms with Crippen LogP contribution >= 0.6 is 11.3 Å². The summed E-state index contributed by atoms with van der Waals surface area (Å²) < 4.78 is 1.12. The largest absolute Gasteiger partial charge is 0.382 e. The Bertz CT molecular complexity index is 1060. The molecule has 1 aliphatic heterocycles. The molecule has 0 spiro atoms. The molecule has 1 saturated heterocycles. The van der Waals surface area contributed by atoms with Crippen molar-refractivity contribution in [2.75, 3.05) is 50.0 Å². The zero-order valence-electron chi connectivity index (χ0n) is 18.9. The molecular weight excluding hydrogens is 406 g/mol. The van der Waals surface area contributed by atoms with Crippen LogP contribution in [-0.2, 0) is 0 Å². The lowest BCUT2D eigenvalue weighted by atomic mass is 10.1. The van der Waals surface area contributed by atoms with E-state index in [2.05, 4.69) is 65.5 Å². The predicted octanol–water partition coefficient (Wildman–Crippen LogP) is 4.20. The molecule has 31 heavy (non-hydrogen) atoms. The van der Waals surface area contributed by atoms with Crippen LogP contribution in [0.1, 0.15) is 36.9 Å². The van der Waals surface area contributed by atoms with E-state index in [1.807, 2.05) is 7.05 Å². The molecule has 1 atom stereocenters. The quantitative estimate of drug-likeness (QED) is 0.538. The minimum absolute atomic E-state index is 0.308. The van der Waals surface area contributed by atoms with E-state index in [1.54, 1.807) is 11.3 Å². The first-order valence-electron chi connectivity index (χ1n) is 11.2. The second-order valence-electron chi connectivity index (χ2n) is 8.67. The summed E-state index contributed by atoms with van der Waals surface area (Å²) in [6.45, 7) is 11.7. The van der Waals surface area contributed by atoms with Crippen molar-refractivity contribution in [1.29, 1.82) is 0 Å². The van der Waals surface area contributed by atoms with Gasteiger partial charge in [-0.25, -0.2) is 4.98 Å². The lowest BCUT2D eigenvalue weighted by Crippen LogP contribution is -2.35. The van der Waals surface area contributed by atoms with Crippen LogP contribution in [0.4, 0.5) is 11.5 Å². The zero-order valence-corrected chi connectivity index (χ0v) is 19.8. The van der Waals surface area contributed by atoms with E-state index in [9.17, 15) is 4.79 Å². The number of anilines is 2. The normalized spacial score (nSPS) is 16.7. The Kier molecular flexibility index (Phi) is 6.74. The molecule has 1 aromatic carbocycles. The van der Waals surface area contributed by atoms with Gasteiger partial charge in [-0.2, -0.15) is 0 Å². The van der Waals surface area contributed by atoms with Crippen LogP contribution in [0, 0.1) is 0 Å². The van der Waals surface area contributed by atoms with E-state index in [4.69, 9.17) is 4.98 Å². The molecule has 6 nitrogen and oxygen atoms in total. The second kappa shape index (κ2) is 9.51. The van der Waals surface area contributed by atoms with Gasteiger partial charge in [-0.3, -0.25) is 9.69 Å². The maximum absolute atomic E-state index is 11.7. The Morgan fingerprint density at radius 1 is 1.13 bits per heavy atom. The highest BCUT2D eigenvalue weighted by Gasteiger charge is 2.19. The van der Waals surface area contributed by atoms with Gasteiger partial charge < -0.3 is 15.5 Å². The molecule has 2 aromatic heterocycles. The van der Waals surface area contributed by atoms with Gasteiger partial charge in [-0.05, 0) is 58.5 Å². The molecule has 1 aliphatic rings. The van der Waals surface area contributed by atoms with Gasteiger partial charge in [0.05, 0.1) is 16.1 Å². The number of fused-ring (bicyclic) bond motifs is 3. The van der Waals surface area contributed by atoms with E-state index >= 15 is 0 Å². The molecule has 4 rings (SSSR count). The van der Waals surface area contributed by atoms with Crippen molar-refractivity contribution in [2.24, 2.45) is 0 Å². The molecule has 2 N–H and O–H groups in total. The molecule has 0 bridgehead atoms. The predicted molar refractivity (Wildman–Crippen MR) is 133 cm³/mol. The highest BCUT2D eigenvalue weighted by atomic mass is 32.1. The first-order chi connectivity index (χ1) is 15.0. The molecule has 3 aromatic rings. The van der Waals surface area contributed by atoms with Gasteiger partial charge in [0.25, 0.3) is 0 Å². The van der Waals surface area contributed by atoms with Crippen LogP contribution in [0.25, 0.3) is 21.0 Å². The number of likely N-dealkylation sites (N-methyl/N-ethyl adjacent to an activating group) is 1. The number of aldehydes is 1. The highest BCUT2D eigenvalue weighted by molar-refractivity contribution is 7.21. The number of hydrogen-bond acceptors (Lipinski definition) is 7. The Balaban J connectivity index is 1.69. The van der Waals surface area contributed by atoms with Crippen molar-refractivity contribution in [1.82, 2.24) is 15.2 Å². The number of hydrogen-bond donors (Lipinski definition) is 2. The summed E-state index contributed by atoms with van der Waals surface area (Å²) in [6, 6.07) is 9.40. The third-order valence-corrected chi connectivity index (χ3v) is 7.38. The topological polar surface area (TPSA) is 60.5 Å². The lowest BCUT2D eigenvalue weighted by Gasteiger charge is -2.25. The van der Waals surface area contributed by atoms with Crippen LogP contribution in [0.5, 0.6) is 0 Å². The summed E-state index contributed by atoms with van der Waals surface area (Å²) in [5.41, 5.74) is 1.91. The number of pyridine rings is 1. The molecule has 0 unspecified atom stereocenters. The fourth-order valence-electron chi connectivity index (χ4n) is 4.28. The second-order valence-corrected chi connectivity index (χ2v) is 9.76. The smallest absolute Gasteiger partial charge is 0.162 e. The summed E-state index contributed by atoms with van der Waals surface area (Å²) >= 11 is 1.54. The van der Waals surface area contributed by atoms with Gasteiger partial charge >= 0.3 is 0 Å². The molecule has 0 saturated carbocycles. The van der Waals surface area contributed by atoms with Crippen molar-refractivity contribution in [2.45, 2.75) is 39.3 Å². The van der Waals surface area contributed by atoms with Gasteiger partial charge in [-0.1, -0.05) is 0 Å². The fraction of sp³-hybridized carbons (Fsp3) is 0.500. The van der Waals surface area contributed by atoms with Crippen LogP contribution in [-0.4, -0.2) is 68.0 Å². The summed E-state index contributed by atoms with van der Waals surface area (Å²) in [4.78, 5) is 22.5. The summed E-state index contributed by atoms with van der Waals surface area (Å²) in [7, 11) is 1.95. The number of nitrogens with one attached hydrogen (secondary N) is 2. The van der Waals surface area contributed by atoms with Gasteiger partial charge in [0, 0.05) is 60.3 Å². The number of carbonyl (C=O) groups is 1. The Morgan fingerprint density at radius 2 is 1.97 bits per heavy atom. The maximum atomic E-state index is 11.7. The minimum atomic E-state index is 0.308. The van der Waals surface area contributed by atoms with Crippen LogP contribution in [0.3, 0.4) is 0 Å². The average molecular weight is 440 g/mol. The molecule has 0 amide bonds. The summed E-state index contributed by atoms with van der Waals surface area (Å²) in [5, 5.41) is 8.95. The van der Waals surface area contributed by atoms with Crippen LogP contribution < -0.4 is 15.5 Å². The number of carbonyl (C=O) groups excluding carboxylic acids is 1. The van der Waals surface area contributed by atoms with Gasteiger partial charge in [0.2, 0.25) is 0 Å². The minimum Gasteiger partial charge on any atom is -0.382 e. The van der Waals surface area contributed by atoms with E-state index in [1.165, 1.54) is 0 Å². The standard InChI is InChI=1S/C24H33N5OS/c1-16(2)28-10-5-11-29(13-12-28)22-9-6-18-19(27-22)7-8-20-23(18)24(21(15-30)31-20)26-14-17(3)25-4/h6-9,15-17,25-26H,5,10-14H2,1-4H3/t17-/m1/s1. The third kappa shape index (κ3) is 4.54. The van der Waals surface area contributed by atoms with E-state index in [0.29, 0.717) is 12.1 Å². The van der Waals surface area contributed by atoms with Crippen molar-refractivity contribution >= 4 is 50.1 Å². The van der Waals surface area contributed by atoms with Gasteiger partial charge in [-0.15, -0.1) is 11.3 Å². The number of thiophene rings is 1. The Labute approximate surface area is 188 Å². The first kappa shape index (κ1) is 22.0. The van der Waals surface area contributed by atoms with Gasteiger partial charge in [0.15, 0.2) is 6.29 Å². The zero-order chi connectivity index (χ0) is 22.0. The molecule has 166 valence electrons. The van der Waals surface area contributed by atoms with E-state index in [-0.39, 0.29) is 0 Å². The SMILES string of the molecule is CN[C@H](C)CNc1c(C=O)sc2ccc3nc(N4CCCN(C(C)C)CC4)ccc3c12. The maximum Gasteiger partial charge on any atom is 0.162 e. The molecule has 3 heterocycles. The van der Waals surface area contributed by atoms with Crippen molar-refractivity contribution in [3.05, 3.63) is 29.1 Å². The van der Waals surface area contributed by atoms with Crippen LogP contribution in [0.15, 0.2) is 24.3 Å². The van der Waals surface area contributed by atoms with Crippen molar-refractivity contribution in [3.8, 4) is 0 Å². The monoisotopic (exact) mass is 439 g/mol. The molecule has 0 radical (unpaired) electrons. The fourth-order valence-corrected chi connectivity index (χ4v) is 5.30. The summed E-state index contributed by atoms with van der Waals surface area (Å²) in [5.74, 6) is 1.04. The summed E-state index contributed by atoms with van der Waals surface area (Å²) in [6.07, 6.45) is 2.12. The number of rotatable bonds is 7. The lowest BCUT2D eigenvalue weighted by molar-refractivity contribution is 0.112. The average Bonchev–Trinajstić information content (AvgIpc) is 2.96. The van der Waals surface area contributed by atoms with Crippen LogP contribution in [0.2, 0.25) is 0 Å². The number of nitrogens with zero attached hydrogens (tertiary/aromatic N) is 3. The molecule has 7 heteroatoms. The molecular formula is C24H33N5OS. The van der Waals surface area contributed by atoms with Crippen molar-refractivity contribution in [3.63, 3.8) is 0 Å². The number of benzene rings is 1. The highest BCUT2D eigenvalue weighted by Crippen LogP contribution is 2.39. The molecule has 0 aliphatic carbocycles. The first-order valence-corrected chi connectivity index (χ1v) is 12.0. The Morgan fingerprint density at radius 3 is 2.71 bits per heavy atom. The van der Waals surface area contributed by atoms with Crippen molar-refractivity contribution < 1.29 is 4.79 Å². The Hall–Kier alpha value is -2.22. The third-order valence-electron chi connectivity index (χ3n) is 6.30. The number of aromatic nitrogens is 1.